The van der Waals surface area contributed by atoms with E-state index >= 15 is 0 Å². The Hall–Kier alpha value is -0.650. The maximum atomic E-state index is 11.2. The maximum absolute atomic E-state index is 11.2. The number of hydrogen-bond acceptors (Lipinski definition) is 4. The van der Waals surface area contributed by atoms with E-state index in [4.69, 9.17) is 9.47 Å². The number of hydrogen-bond donors (Lipinski definition) is 1. The first-order valence-electron chi connectivity index (χ1n) is 6.81. The third kappa shape index (κ3) is 2.04. The standard InChI is InChI=1S/C13H21NO4/c1-14-8-10(12(15)16)6-9-7-13(3-2-11(9)14)17-4-5-18-13/h9-11H,2-8H2,1H3,(H,15,16)/t9-,10-,11-/m1/s1. The van der Waals surface area contributed by atoms with Gasteiger partial charge in [0.25, 0.3) is 0 Å². The molecule has 1 saturated carbocycles. The predicted molar refractivity (Wildman–Crippen MR) is 64.1 cm³/mol. The van der Waals surface area contributed by atoms with Gasteiger partial charge in [0.2, 0.25) is 0 Å². The number of carboxylic acids is 1. The van der Waals surface area contributed by atoms with E-state index in [2.05, 4.69) is 4.90 Å². The molecule has 0 bridgehead atoms. The summed E-state index contributed by atoms with van der Waals surface area (Å²) >= 11 is 0. The van der Waals surface area contributed by atoms with E-state index in [1.807, 2.05) is 7.05 Å². The molecule has 3 aliphatic rings. The van der Waals surface area contributed by atoms with Crippen LogP contribution in [0.4, 0.5) is 0 Å². The molecular formula is C13H21NO4. The van der Waals surface area contributed by atoms with Crippen LogP contribution in [0.15, 0.2) is 0 Å². The van der Waals surface area contributed by atoms with E-state index in [1.165, 1.54) is 0 Å². The summed E-state index contributed by atoms with van der Waals surface area (Å²) in [5.74, 6) is -0.930. The van der Waals surface area contributed by atoms with Crippen LogP contribution < -0.4 is 0 Å². The van der Waals surface area contributed by atoms with E-state index in [0.29, 0.717) is 31.7 Å². The van der Waals surface area contributed by atoms with E-state index in [9.17, 15) is 9.90 Å². The lowest BCUT2D eigenvalue weighted by molar-refractivity contribution is -0.203. The van der Waals surface area contributed by atoms with Gasteiger partial charge in [0, 0.05) is 25.4 Å². The average Bonchev–Trinajstić information content (AvgIpc) is 2.76. The molecule has 0 aromatic heterocycles. The van der Waals surface area contributed by atoms with Gasteiger partial charge in [-0.25, -0.2) is 0 Å². The lowest BCUT2D eigenvalue weighted by atomic mass is 9.73. The van der Waals surface area contributed by atoms with Crippen molar-refractivity contribution >= 4 is 5.97 Å². The summed E-state index contributed by atoms with van der Waals surface area (Å²) in [5.41, 5.74) is 0. The summed E-state index contributed by atoms with van der Waals surface area (Å²) in [5, 5.41) is 9.21. The Morgan fingerprint density at radius 3 is 2.78 bits per heavy atom. The average molecular weight is 255 g/mol. The van der Waals surface area contributed by atoms with Crippen LogP contribution in [-0.2, 0) is 14.3 Å². The van der Waals surface area contributed by atoms with Crippen LogP contribution in [0, 0.1) is 11.8 Å². The van der Waals surface area contributed by atoms with E-state index in [0.717, 1.165) is 25.7 Å². The third-order valence-electron chi connectivity index (χ3n) is 4.76. The fraction of sp³-hybridized carbons (Fsp3) is 0.923. The number of aliphatic carboxylic acids is 1. The van der Waals surface area contributed by atoms with Gasteiger partial charge in [-0.1, -0.05) is 0 Å². The molecule has 0 unspecified atom stereocenters. The molecule has 1 aliphatic carbocycles. The minimum absolute atomic E-state index is 0.243. The Labute approximate surface area is 107 Å². The highest BCUT2D eigenvalue weighted by Gasteiger charge is 2.49. The zero-order chi connectivity index (χ0) is 12.8. The first kappa shape index (κ1) is 12.4. The minimum Gasteiger partial charge on any atom is -0.481 e. The van der Waals surface area contributed by atoms with Crippen LogP contribution in [0.25, 0.3) is 0 Å². The molecule has 0 aromatic carbocycles. The van der Waals surface area contributed by atoms with Gasteiger partial charge in [0.15, 0.2) is 5.79 Å². The monoisotopic (exact) mass is 255 g/mol. The second-order valence-corrected chi connectivity index (χ2v) is 5.89. The second-order valence-electron chi connectivity index (χ2n) is 5.89. The Bertz CT molecular complexity index is 340. The number of carbonyl (C=O) groups is 1. The minimum atomic E-state index is -0.673. The van der Waals surface area contributed by atoms with Gasteiger partial charge in [-0.3, -0.25) is 4.79 Å². The number of fused-ring (bicyclic) bond motifs is 1. The summed E-state index contributed by atoms with van der Waals surface area (Å²) in [6.45, 7) is 2.02. The lowest BCUT2D eigenvalue weighted by Gasteiger charge is -2.48. The van der Waals surface area contributed by atoms with Crippen molar-refractivity contribution in [2.45, 2.75) is 37.5 Å². The molecule has 3 atom stereocenters. The van der Waals surface area contributed by atoms with Gasteiger partial charge >= 0.3 is 5.97 Å². The van der Waals surface area contributed by atoms with Crippen molar-refractivity contribution in [3.8, 4) is 0 Å². The van der Waals surface area contributed by atoms with Gasteiger partial charge < -0.3 is 19.5 Å². The first-order chi connectivity index (χ1) is 8.60. The second kappa shape index (κ2) is 4.47. The molecule has 18 heavy (non-hydrogen) atoms. The van der Waals surface area contributed by atoms with E-state index < -0.39 is 11.8 Å². The Morgan fingerprint density at radius 1 is 1.39 bits per heavy atom. The Kier molecular flexibility index (Phi) is 3.08. The van der Waals surface area contributed by atoms with Crippen LogP contribution in [0.5, 0.6) is 0 Å². The quantitative estimate of drug-likeness (QED) is 0.755. The topological polar surface area (TPSA) is 59.0 Å². The van der Waals surface area contributed by atoms with Gasteiger partial charge in [0.05, 0.1) is 19.1 Å². The largest absolute Gasteiger partial charge is 0.481 e. The molecule has 1 spiro atoms. The van der Waals surface area contributed by atoms with Crippen molar-refractivity contribution in [1.29, 1.82) is 0 Å². The van der Waals surface area contributed by atoms with Gasteiger partial charge in [-0.05, 0) is 25.8 Å². The predicted octanol–water partition coefficient (Wildman–Crippen LogP) is 0.934. The number of rotatable bonds is 1. The molecule has 1 N–H and O–H groups in total. The third-order valence-corrected chi connectivity index (χ3v) is 4.76. The molecule has 2 saturated heterocycles. The smallest absolute Gasteiger partial charge is 0.307 e. The summed E-state index contributed by atoms with van der Waals surface area (Å²) in [4.78, 5) is 13.4. The van der Waals surface area contributed by atoms with Crippen LogP contribution in [0.3, 0.4) is 0 Å². The van der Waals surface area contributed by atoms with Crippen LogP contribution >= 0.6 is 0 Å². The molecule has 0 aromatic rings. The molecule has 5 heteroatoms. The van der Waals surface area contributed by atoms with Crippen molar-refractivity contribution in [3.63, 3.8) is 0 Å². The van der Waals surface area contributed by atoms with E-state index in [-0.39, 0.29) is 5.92 Å². The van der Waals surface area contributed by atoms with Crippen molar-refractivity contribution in [2.75, 3.05) is 26.8 Å². The molecule has 2 heterocycles. The highest BCUT2D eigenvalue weighted by Crippen LogP contribution is 2.44. The summed E-state index contributed by atoms with van der Waals surface area (Å²) < 4.78 is 11.5. The lowest BCUT2D eigenvalue weighted by Crippen LogP contribution is -2.54. The van der Waals surface area contributed by atoms with Crippen molar-refractivity contribution < 1.29 is 19.4 Å². The first-order valence-corrected chi connectivity index (χ1v) is 6.81. The van der Waals surface area contributed by atoms with E-state index in [1.54, 1.807) is 0 Å². The summed E-state index contributed by atoms with van der Waals surface area (Å²) in [6.07, 6.45) is 3.61. The van der Waals surface area contributed by atoms with Gasteiger partial charge in [-0.2, -0.15) is 0 Å². The van der Waals surface area contributed by atoms with Crippen molar-refractivity contribution in [1.82, 2.24) is 4.90 Å². The van der Waals surface area contributed by atoms with Crippen LogP contribution in [-0.4, -0.2) is 54.6 Å². The van der Waals surface area contributed by atoms with Gasteiger partial charge in [0.1, 0.15) is 0 Å². The highest BCUT2D eigenvalue weighted by molar-refractivity contribution is 5.70. The molecular weight excluding hydrogens is 234 g/mol. The van der Waals surface area contributed by atoms with Crippen molar-refractivity contribution in [3.05, 3.63) is 0 Å². The summed E-state index contributed by atoms with van der Waals surface area (Å²) in [7, 11) is 2.04. The summed E-state index contributed by atoms with van der Waals surface area (Å²) in [6, 6.07) is 0.499. The molecule has 3 rings (SSSR count). The Balaban J connectivity index is 1.73. The zero-order valence-electron chi connectivity index (χ0n) is 10.8. The van der Waals surface area contributed by atoms with Crippen LogP contribution in [0.2, 0.25) is 0 Å². The number of ether oxygens (including phenoxy) is 2. The van der Waals surface area contributed by atoms with Crippen molar-refractivity contribution in [2.24, 2.45) is 11.8 Å². The molecule has 102 valence electrons. The van der Waals surface area contributed by atoms with Gasteiger partial charge in [-0.15, -0.1) is 0 Å². The normalized spacial score (nSPS) is 39.7. The Morgan fingerprint density at radius 2 is 2.11 bits per heavy atom. The molecule has 2 aliphatic heterocycles. The molecule has 3 fully saturated rings. The SMILES string of the molecule is CN1C[C@H](C(=O)O)C[C@@H]2CC3(CC[C@H]21)OCCO3. The fourth-order valence-electron chi connectivity index (χ4n) is 3.92. The number of carboxylic acid groups (broad SMARTS) is 1. The number of likely N-dealkylation sites (tertiary alicyclic amines) is 1. The highest BCUT2D eigenvalue weighted by atomic mass is 16.7. The molecule has 0 radical (unpaired) electrons. The van der Waals surface area contributed by atoms with Crippen LogP contribution in [0.1, 0.15) is 25.7 Å². The number of piperidine rings is 1. The molecule has 5 nitrogen and oxygen atoms in total. The zero-order valence-corrected chi connectivity index (χ0v) is 10.8. The molecule has 0 amide bonds. The maximum Gasteiger partial charge on any atom is 0.307 e. The fourth-order valence-corrected chi connectivity index (χ4v) is 3.92. The number of nitrogens with zero attached hydrogens (tertiary/aromatic N) is 1.